The summed E-state index contributed by atoms with van der Waals surface area (Å²) in [5.74, 6) is -0.0682. The summed E-state index contributed by atoms with van der Waals surface area (Å²) in [7, 11) is 1.00. The fourth-order valence-corrected chi connectivity index (χ4v) is 8.07. The van der Waals surface area contributed by atoms with E-state index in [9.17, 15) is 14.7 Å². The van der Waals surface area contributed by atoms with Crippen LogP contribution in [-0.4, -0.2) is 35.5 Å². The van der Waals surface area contributed by atoms with E-state index >= 15 is 0 Å². The van der Waals surface area contributed by atoms with Crippen LogP contribution in [0.2, 0.25) is 0 Å². The summed E-state index contributed by atoms with van der Waals surface area (Å²) < 4.78 is 0. The molecular formula is C30H42O4. The Morgan fingerprint density at radius 1 is 1.00 bits per heavy atom. The molecule has 186 valence electrons. The molecule has 6 atom stereocenters. The molecule has 0 radical (unpaired) electrons. The second-order valence-corrected chi connectivity index (χ2v) is 12.6. The van der Waals surface area contributed by atoms with E-state index in [2.05, 4.69) is 46.8 Å². The first-order valence-corrected chi connectivity index (χ1v) is 12.9. The van der Waals surface area contributed by atoms with Crippen LogP contribution in [0.4, 0.5) is 0 Å². The van der Waals surface area contributed by atoms with Crippen LogP contribution in [0.25, 0.3) is 0 Å². The van der Waals surface area contributed by atoms with Crippen LogP contribution in [0.1, 0.15) is 80.1 Å². The van der Waals surface area contributed by atoms with E-state index in [1.54, 1.807) is 11.6 Å². The Hall–Kier alpha value is -1.78. The van der Waals surface area contributed by atoms with Gasteiger partial charge >= 0.3 is 0 Å². The van der Waals surface area contributed by atoms with Crippen molar-refractivity contribution in [3.05, 3.63) is 46.1 Å². The van der Waals surface area contributed by atoms with Crippen LogP contribution in [0, 0.1) is 33.5 Å². The van der Waals surface area contributed by atoms with Gasteiger partial charge in [0.25, 0.3) is 0 Å². The molecule has 0 aromatic carbocycles. The van der Waals surface area contributed by atoms with E-state index < -0.39 is 0 Å². The molecule has 0 bridgehead atoms. The van der Waals surface area contributed by atoms with Crippen LogP contribution in [0.5, 0.6) is 0 Å². The minimum atomic E-state index is -0.363. The summed E-state index contributed by atoms with van der Waals surface area (Å²) in [6.07, 6.45) is 13.1. The first kappa shape index (κ1) is 25.3. The minimum absolute atomic E-state index is 0.00392. The SMILES string of the molecule is CC1=C2C(=CC(=O)C1=O)[C@]1(C)CC=C3[C@@H]4C[C@](C)(CO)CC[C@]4(C)CC[C@]3(C)C1=CC2C.CO. The van der Waals surface area contributed by atoms with Gasteiger partial charge in [0, 0.05) is 36.0 Å². The molecule has 4 nitrogen and oxygen atoms in total. The Morgan fingerprint density at radius 3 is 2.29 bits per heavy atom. The minimum Gasteiger partial charge on any atom is -0.400 e. The van der Waals surface area contributed by atoms with Crippen molar-refractivity contribution in [1.29, 1.82) is 0 Å². The van der Waals surface area contributed by atoms with Crippen molar-refractivity contribution >= 4 is 11.6 Å². The molecule has 0 amide bonds. The Morgan fingerprint density at radius 2 is 1.65 bits per heavy atom. The number of carbonyl (C=O) groups excluding carboxylic acids is 2. The molecule has 0 aliphatic heterocycles. The molecule has 0 spiro atoms. The monoisotopic (exact) mass is 466 g/mol. The van der Waals surface area contributed by atoms with Gasteiger partial charge in [-0.3, -0.25) is 9.59 Å². The van der Waals surface area contributed by atoms with Gasteiger partial charge in [0.15, 0.2) is 0 Å². The summed E-state index contributed by atoms with van der Waals surface area (Å²) in [5, 5.41) is 17.1. The van der Waals surface area contributed by atoms with Crippen molar-refractivity contribution in [3.63, 3.8) is 0 Å². The van der Waals surface area contributed by atoms with Crippen LogP contribution in [0.15, 0.2) is 46.1 Å². The van der Waals surface area contributed by atoms with Gasteiger partial charge in [0.1, 0.15) is 0 Å². The van der Waals surface area contributed by atoms with Crippen molar-refractivity contribution in [2.45, 2.75) is 80.1 Å². The first-order valence-electron chi connectivity index (χ1n) is 12.9. The molecule has 2 fully saturated rings. The fourth-order valence-electron chi connectivity index (χ4n) is 8.07. The number of carbonyl (C=O) groups is 2. The normalized spacial score (nSPS) is 43.3. The lowest BCUT2D eigenvalue weighted by atomic mass is 9.42. The van der Waals surface area contributed by atoms with Crippen molar-refractivity contribution in [3.8, 4) is 0 Å². The van der Waals surface area contributed by atoms with Gasteiger partial charge in [-0.05, 0) is 79.4 Å². The molecule has 2 N–H and O–H groups in total. The predicted octanol–water partition coefficient (Wildman–Crippen LogP) is 5.51. The third kappa shape index (κ3) is 3.32. The maximum atomic E-state index is 12.6. The summed E-state index contributed by atoms with van der Waals surface area (Å²) in [4.78, 5) is 25.0. The maximum absolute atomic E-state index is 12.6. The van der Waals surface area contributed by atoms with Crippen LogP contribution in [0.3, 0.4) is 0 Å². The van der Waals surface area contributed by atoms with Gasteiger partial charge in [0.05, 0.1) is 0 Å². The van der Waals surface area contributed by atoms with E-state index in [0.717, 1.165) is 43.9 Å². The highest BCUT2D eigenvalue weighted by Crippen LogP contribution is 2.69. The Kier molecular flexibility index (Phi) is 6.05. The molecule has 34 heavy (non-hydrogen) atoms. The van der Waals surface area contributed by atoms with E-state index in [1.807, 2.05) is 6.92 Å². The molecule has 5 aliphatic rings. The van der Waals surface area contributed by atoms with Gasteiger partial charge < -0.3 is 10.2 Å². The van der Waals surface area contributed by atoms with Crippen LogP contribution < -0.4 is 0 Å². The summed E-state index contributed by atoms with van der Waals surface area (Å²) in [6, 6.07) is 0. The molecule has 5 aliphatic carbocycles. The van der Waals surface area contributed by atoms with E-state index in [-0.39, 0.29) is 40.3 Å². The molecule has 0 aromatic rings. The number of rotatable bonds is 1. The van der Waals surface area contributed by atoms with Crippen molar-refractivity contribution in [1.82, 2.24) is 0 Å². The van der Waals surface area contributed by atoms with Crippen LogP contribution >= 0.6 is 0 Å². The quantitative estimate of drug-likeness (QED) is 0.304. The lowest BCUT2D eigenvalue weighted by Crippen LogP contribution is -2.52. The summed E-state index contributed by atoms with van der Waals surface area (Å²) >= 11 is 0. The van der Waals surface area contributed by atoms with Crippen LogP contribution in [-0.2, 0) is 9.59 Å². The molecule has 2 saturated carbocycles. The lowest BCUT2D eigenvalue weighted by Gasteiger charge is -2.62. The molecule has 0 heterocycles. The van der Waals surface area contributed by atoms with Gasteiger partial charge in [0.2, 0.25) is 11.6 Å². The van der Waals surface area contributed by atoms with E-state index in [0.29, 0.717) is 16.9 Å². The number of aliphatic hydroxyl groups excluding tert-OH is 2. The third-order valence-electron chi connectivity index (χ3n) is 10.3. The topological polar surface area (TPSA) is 74.6 Å². The van der Waals surface area contributed by atoms with Gasteiger partial charge in [-0.1, -0.05) is 57.9 Å². The number of hydrogen-bond donors (Lipinski definition) is 2. The molecule has 1 unspecified atom stereocenters. The predicted molar refractivity (Wildman–Crippen MR) is 135 cm³/mol. The lowest BCUT2D eigenvalue weighted by molar-refractivity contribution is -0.131. The summed E-state index contributed by atoms with van der Waals surface area (Å²) in [5.41, 5.74) is 5.88. The number of Topliss-reactive ketones (excluding diaryl/α,β-unsaturated/α-hetero) is 1. The fraction of sp³-hybridized carbons (Fsp3) is 0.667. The zero-order valence-corrected chi connectivity index (χ0v) is 22.0. The van der Waals surface area contributed by atoms with Crippen molar-refractivity contribution in [2.75, 3.05) is 13.7 Å². The Labute approximate surface area is 204 Å². The zero-order valence-electron chi connectivity index (χ0n) is 22.0. The van der Waals surface area contributed by atoms with Gasteiger partial charge in [-0.25, -0.2) is 0 Å². The largest absolute Gasteiger partial charge is 0.400 e. The average molecular weight is 467 g/mol. The van der Waals surface area contributed by atoms with Crippen molar-refractivity contribution in [2.24, 2.45) is 33.5 Å². The smallest absolute Gasteiger partial charge is 0.228 e. The molecular weight excluding hydrogens is 424 g/mol. The number of hydrogen-bond acceptors (Lipinski definition) is 4. The standard InChI is InChI=1S/C29H38O3.CH4O/c1-17-13-23-28(5,20-14-22(31)25(32)18(2)24(17)20)8-7-19-21-15-26(3,16-30)9-10-27(21,4)11-12-29(19,23)6;1-2/h7,13-14,17,21,30H,8-12,15-16H2,1-6H3;2H,1H3/t17?,21-,26+,27+,28-,29-;/m0./s1. The molecule has 5 rings (SSSR count). The average Bonchev–Trinajstić information content (AvgIpc) is 2.81. The van der Waals surface area contributed by atoms with Gasteiger partial charge in [-0.15, -0.1) is 0 Å². The highest BCUT2D eigenvalue weighted by molar-refractivity contribution is 6.48. The first-order chi connectivity index (χ1) is 15.9. The van der Waals surface area contributed by atoms with Gasteiger partial charge in [-0.2, -0.15) is 0 Å². The third-order valence-corrected chi connectivity index (χ3v) is 10.3. The number of allylic oxidation sites excluding steroid dienone is 8. The Bertz CT molecular complexity index is 1060. The number of ketones is 2. The number of aliphatic hydroxyl groups is 2. The highest BCUT2D eigenvalue weighted by Gasteiger charge is 2.59. The second-order valence-electron chi connectivity index (χ2n) is 12.6. The molecule has 4 heteroatoms. The molecule has 0 saturated heterocycles. The second kappa shape index (κ2) is 8.13. The summed E-state index contributed by atoms with van der Waals surface area (Å²) in [6.45, 7) is 13.7. The Balaban J connectivity index is 0.00000133. The number of fused-ring (bicyclic) bond motifs is 7. The zero-order chi connectivity index (χ0) is 25.3. The van der Waals surface area contributed by atoms with Crippen molar-refractivity contribution < 1.29 is 19.8 Å². The maximum Gasteiger partial charge on any atom is 0.228 e. The van der Waals surface area contributed by atoms with E-state index in [1.165, 1.54) is 18.4 Å². The molecule has 0 aromatic heterocycles. The van der Waals surface area contributed by atoms with E-state index in [4.69, 9.17) is 5.11 Å². The highest BCUT2D eigenvalue weighted by atomic mass is 16.3.